The Kier molecular flexibility index (Phi) is 6.70. The maximum Gasteiger partial charge on any atom is 0.338 e. The smallest absolute Gasteiger partial charge is 0.338 e. The van der Waals surface area contributed by atoms with Crippen molar-refractivity contribution in [3.8, 4) is 0 Å². The molecule has 0 aromatic heterocycles. The van der Waals surface area contributed by atoms with Crippen LogP contribution < -0.4 is 0 Å². The van der Waals surface area contributed by atoms with Gasteiger partial charge < -0.3 is 9.47 Å². The Bertz CT molecular complexity index is 832. The number of allylic oxidation sites excluding steroid dienone is 1. The van der Waals surface area contributed by atoms with Gasteiger partial charge in [-0.15, -0.1) is 0 Å². The standard InChI is InChI=1S/C21H24N2O4S/c1-4-17-19(24)23-16(11-10-15-8-6-5-7-9-15)18(14(2)22-21(23)28-17)20(25)27-13-12-26-3/h5-11,16-17H,4,12-13H2,1-3H3. The van der Waals surface area contributed by atoms with E-state index in [9.17, 15) is 9.59 Å². The highest BCUT2D eigenvalue weighted by Crippen LogP contribution is 2.38. The fourth-order valence-corrected chi connectivity index (χ4v) is 4.28. The first-order valence-corrected chi connectivity index (χ1v) is 10.1. The van der Waals surface area contributed by atoms with E-state index in [1.807, 2.05) is 49.4 Å². The maximum atomic E-state index is 12.9. The monoisotopic (exact) mass is 400 g/mol. The number of carbonyl (C=O) groups excluding carboxylic acids is 2. The van der Waals surface area contributed by atoms with E-state index in [0.29, 0.717) is 29.5 Å². The van der Waals surface area contributed by atoms with Crippen LogP contribution in [0.3, 0.4) is 0 Å². The number of methoxy groups -OCH3 is 1. The van der Waals surface area contributed by atoms with Crippen molar-refractivity contribution in [2.75, 3.05) is 20.3 Å². The van der Waals surface area contributed by atoms with Gasteiger partial charge in [-0.2, -0.15) is 0 Å². The normalized spacial score (nSPS) is 21.9. The molecule has 2 unspecified atom stereocenters. The third-order valence-corrected chi connectivity index (χ3v) is 5.89. The Morgan fingerprint density at radius 3 is 2.71 bits per heavy atom. The molecule has 1 aromatic rings. The number of ether oxygens (including phenoxy) is 2. The SMILES string of the molecule is CCC1SC2=NC(C)=C(C(=O)OCCOC)C(C=Cc3ccccc3)N2C1=O. The lowest BCUT2D eigenvalue weighted by molar-refractivity contribution is -0.141. The molecule has 0 saturated carbocycles. The summed E-state index contributed by atoms with van der Waals surface area (Å²) in [5.41, 5.74) is 1.95. The van der Waals surface area contributed by atoms with E-state index in [1.54, 1.807) is 18.9 Å². The molecule has 1 aromatic carbocycles. The average molecular weight is 401 g/mol. The molecule has 7 heteroatoms. The number of amidine groups is 1. The van der Waals surface area contributed by atoms with Crippen LogP contribution in [0.1, 0.15) is 25.8 Å². The van der Waals surface area contributed by atoms with Crippen molar-refractivity contribution in [1.82, 2.24) is 4.90 Å². The predicted octanol–water partition coefficient (Wildman–Crippen LogP) is 3.26. The molecule has 6 nitrogen and oxygen atoms in total. The lowest BCUT2D eigenvalue weighted by Crippen LogP contribution is -2.45. The summed E-state index contributed by atoms with van der Waals surface area (Å²) in [4.78, 5) is 31.8. The van der Waals surface area contributed by atoms with E-state index >= 15 is 0 Å². The molecule has 0 radical (unpaired) electrons. The van der Waals surface area contributed by atoms with Crippen molar-refractivity contribution < 1.29 is 19.1 Å². The van der Waals surface area contributed by atoms with Gasteiger partial charge in [-0.05, 0) is 18.9 Å². The summed E-state index contributed by atoms with van der Waals surface area (Å²) in [5.74, 6) is -0.499. The minimum atomic E-state index is -0.542. The highest BCUT2D eigenvalue weighted by atomic mass is 32.2. The first-order valence-electron chi connectivity index (χ1n) is 9.25. The molecule has 1 amide bonds. The Labute approximate surface area is 169 Å². The molecule has 2 atom stereocenters. The number of hydrogen-bond acceptors (Lipinski definition) is 6. The van der Waals surface area contributed by atoms with E-state index in [0.717, 1.165) is 5.56 Å². The number of rotatable bonds is 7. The molecule has 0 N–H and O–H groups in total. The number of esters is 1. The summed E-state index contributed by atoms with van der Waals surface area (Å²) in [7, 11) is 1.55. The van der Waals surface area contributed by atoms with Crippen LogP contribution in [0.2, 0.25) is 0 Å². The molecule has 2 aliphatic rings. The second kappa shape index (κ2) is 9.21. The van der Waals surface area contributed by atoms with E-state index < -0.39 is 12.0 Å². The van der Waals surface area contributed by atoms with Crippen LogP contribution in [-0.4, -0.2) is 53.6 Å². The minimum absolute atomic E-state index is 0.0244. The zero-order valence-corrected chi connectivity index (χ0v) is 17.1. The van der Waals surface area contributed by atoms with Crippen LogP contribution in [0.15, 0.2) is 52.7 Å². The van der Waals surface area contributed by atoms with Crippen LogP contribution in [0.4, 0.5) is 0 Å². The molecular weight excluding hydrogens is 376 g/mol. The summed E-state index contributed by atoms with van der Waals surface area (Å²) in [5, 5.41) is 0.466. The molecule has 2 heterocycles. The van der Waals surface area contributed by atoms with Gasteiger partial charge in [0.25, 0.3) is 0 Å². The molecule has 1 saturated heterocycles. The number of hydrogen-bond donors (Lipinski definition) is 0. The zero-order valence-electron chi connectivity index (χ0n) is 16.3. The number of amides is 1. The number of nitrogens with zero attached hydrogens (tertiary/aromatic N) is 2. The largest absolute Gasteiger partial charge is 0.460 e. The van der Waals surface area contributed by atoms with Crippen LogP contribution in [-0.2, 0) is 19.1 Å². The second-order valence-corrected chi connectivity index (χ2v) is 7.63. The topological polar surface area (TPSA) is 68.2 Å². The summed E-state index contributed by atoms with van der Waals surface area (Å²) < 4.78 is 10.3. The van der Waals surface area contributed by atoms with Gasteiger partial charge in [0.15, 0.2) is 5.17 Å². The Balaban J connectivity index is 1.95. The van der Waals surface area contributed by atoms with Crippen LogP contribution in [0, 0.1) is 0 Å². The predicted molar refractivity (Wildman–Crippen MR) is 111 cm³/mol. The van der Waals surface area contributed by atoms with Gasteiger partial charge in [0, 0.05) is 7.11 Å². The lowest BCUT2D eigenvalue weighted by Gasteiger charge is -2.30. The van der Waals surface area contributed by atoms with Gasteiger partial charge in [0.1, 0.15) is 6.61 Å². The van der Waals surface area contributed by atoms with Crippen molar-refractivity contribution in [2.24, 2.45) is 4.99 Å². The van der Waals surface area contributed by atoms with Crippen molar-refractivity contribution >= 4 is 34.9 Å². The first-order chi connectivity index (χ1) is 13.6. The van der Waals surface area contributed by atoms with Crippen LogP contribution >= 0.6 is 11.8 Å². The van der Waals surface area contributed by atoms with Gasteiger partial charge in [-0.25, -0.2) is 9.79 Å². The minimum Gasteiger partial charge on any atom is -0.460 e. The number of carbonyl (C=O) groups is 2. The van der Waals surface area contributed by atoms with Crippen LogP contribution in [0.5, 0.6) is 0 Å². The van der Waals surface area contributed by atoms with Crippen LogP contribution in [0.25, 0.3) is 6.08 Å². The molecule has 148 valence electrons. The van der Waals surface area contributed by atoms with Gasteiger partial charge in [0.05, 0.1) is 29.2 Å². The van der Waals surface area contributed by atoms with Gasteiger partial charge in [-0.3, -0.25) is 9.69 Å². The number of fused-ring (bicyclic) bond motifs is 1. The second-order valence-electron chi connectivity index (χ2n) is 6.46. The van der Waals surface area contributed by atoms with Gasteiger partial charge in [0.2, 0.25) is 5.91 Å². The molecule has 0 bridgehead atoms. The first kappa shape index (κ1) is 20.4. The summed E-state index contributed by atoms with van der Waals surface area (Å²) in [6.07, 6.45) is 4.50. The Morgan fingerprint density at radius 2 is 2.04 bits per heavy atom. The zero-order chi connectivity index (χ0) is 20.1. The number of benzene rings is 1. The third-order valence-electron chi connectivity index (χ3n) is 4.58. The van der Waals surface area contributed by atoms with Crippen molar-refractivity contribution in [2.45, 2.75) is 31.6 Å². The molecule has 3 rings (SSSR count). The third kappa shape index (κ3) is 4.20. The lowest BCUT2D eigenvalue weighted by atomic mass is 10.00. The van der Waals surface area contributed by atoms with Gasteiger partial charge in [-0.1, -0.05) is 61.2 Å². The van der Waals surface area contributed by atoms with E-state index in [2.05, 4.69) is 4.99 Å². The van der Waals surface area contributed by atoms with Crippen molar-refractivity contribution in [1.29, 1.82) is 0 Å². The summed E-state index contributed by atoms with van der Waals surface area (Å²) in [6.45, 7) is 4.22. The molecular formula is C21H24N2O4S. The highest BCUT2D eigenvalue weighted by Gasteiger charge is 2.45. The number of aliphatic imine (C=N–C) groups is 1. The Hall–Kier alpha value is -2.38. The van der Waals surface area contributed by atoms with E-state index in [1.165, 1.54) is 11.8 Å². The van der Waals surface area contributed by atoms with E-state index in [4.69, 9.17) is 9.47 Å². The van der Waals surface area contributed by atoms with E-state index in [-0.39, 0.29) is 17.8 Å². The fourth-order valence-electron chi connectivity index (χ4n) is 3.14. The Morgan fingerprint density at radius 1 is 1.29 bits per heavy atom. The number of thioether (sulfide) groups is 1. The molecule has 0 aliphatic carbocycles. The molecule has 2 aliphatic heterocycles. The molecule has 28 heavy (non-hydrogen) atoms. The summed E-state index contributed by atoms with van der Waals surface area (Å²) >= 11 is 1.45. The van der Waals surface area contributed by atoms with Crippen molar-refractivity contribution in [3.05, 3.63) is 53.2 Å². The highest BCUT2D eigenvalue weighted by molar-refractivity contribution is 8.15. The summed E-state index contributed by atoms with van der Waals surface area (Å²) in [6, 6.07) is 9.22. The van der Waals surface area contributed by atoms with Crippen molar-refractivity contribution in [3.63, 3.8) is 0 Å². The molecule has 1 fully saturated rings. The fraction of sp³-hybridized carbons (Fsp3) is 0.381. The van der Waals surface area contributed by atoms with Gasteiger partial charge >= 0.3 is 5.97 Å². The molecule has 0 spiro atoms. The quantitative estimate of drug-likeness (QED) is 0.519. The maximum absolute atomic E-state index is 12.9. The average Bonchev–Trinajstić information content (AvgIpc) is 3.02.